The molecule has 0 radical (unpaired) electrons. The number of sulfonamides is 1. The van der Waals surface area contributed by atoms with Crippen LogP contribution in [0.15, 0.2) is 77.8 Å². The molecule has 0 spiro atoms. The highest BCUT2D eigenvalue weighted by Gasteiger charge is 2.36. The fraction of sp³-hybridized carbons (Fsp3) is 0.333. The van der Waals surface area contributed by atoms with Gasteiger partial charge in [0.2, 0.25) is 10.0 Å². The van der Waals surface area contributed by atoms with Crippen molar-refractivity contribution in [2.75, 3.05) is 44.5 Å². The first-order chi connectivity index (χ1) is 21.9. The molecule has 0 unspecified atom stereocenters. The first-order valence-electron chi connectivity index (χ1n) is 14.9. The minimum Gasteiger partial charge on any atom is -0.497 e. The lowest BCUT2D eigenvalue weighted by Crippen LogP contribution is -2.50. The number of ether oxygens (including phenoxy) is 2. The molecule has 3 N–H and O–H groups in total. The summed E-state index contributed by atoms with van der Waals surface area (Å²) in [4.78, 5) is 28.8. The van der Waals surface area contributed by atoms with Gasteiger partial charge in [0.25, 0.3) is 5.91 Å². The second-order valence-corrected chi connectivity index (χ2v) is 13.6. The molecule has 2 heterocycles. The second kappa shape index (κ2) is 13.4. The Balaban J connectivity index is 1.47. The molecule has 1 aliphatic heterocycles. The van der Waals surface area contributed by atoms with E-state index in [4.69, 9.17) is 9.47 Å². The predicted octanol–water partition coefficient (Wildman–Crippen LogP) is 4.37. The molecule has 4 aromatic rings. The van der Waals surface area contributed by atoms with Gasteiger partial charge in [0.1, 0.15) is 11.9 Å². The summed E-state index contributed by atoms with van der Waals surface area (Å²) < 4.78 is 41.9. The number of aryl methyl sites for hydroxylation is 1. The molecule has 0 fully saturated rings. The first kappa shape index (κ1) is 32.8. The van der Waals surface area contributed by atoms with Crippen LogP contribution >= 0.6 is 0 Å². The summed E-state index contributed by atoms with van der Waals surface area (Å²) in [5, 5.41) is 16.6. The van der Waals surface area contributed by atoms with Crippen molar-refractivity contribution < 1.29 is 32.6 Å². The number of fused-ring (bicyclic) bond motifs is 2. The molecule has 13 heteroatoms. The van der Waals surface area contributed by atoms with Gasteiger partial charge in [-0.3, -0.25) is 4.79 Å². The number of methoxy groups -OCH3 is 1. The molecule has 0 aliphatic carbocycles. The Morgan fingerprint density at radius 3 is 2.46 bits per heavy atom. The lowest BCUT2D eigenvalue weighted by atomic mass is 9.99. The summed E-state index contributed by atoms with van der Waals surface area (Å²) in [6.07, 6.45) is 1.17. The van der Waals surface area contributed by atoms with Gasteiger partial charge < -0.3 is 34.7 Å². The van der Waals surface area contributed by atoms with E-state index in [1.165, 1.54) is 30.6 Å². The summed E-state index contributed by atoms with van der Waals surface area (Å²) in [5.74, 6) is -0.0960. The monoisotopic (exact) mass is 649 g/mol. The van der Waals surface area contributed by atoms with Crippen LogP contribution in [0.25, 0.3) is 10.9 Å². The molecular weight excluding hydrogens is 610 g/mol. The largest absolute Gasteiger partial charge is 0.497 e. The SMILES string of the molecule is COc1ccc(S(=O)(=O)N(C)C[C@@H]2Oc3c(NC(=O)Nc4cccc5c4ccn5C)cccc3C(=O)N([C@@H](C)CO)C[C@H]2C)cc1. The van der Waals surface area contributed by atoms with Gasteiger partial charge in [0.15, 0.2) is 5.75 Å². The third kappa shape index (κ3) is 6.52. The van der Waals surface area contributed by atoms with Gasteiger partial charge in [0.05, 0.1) is 48.1 Å². The van der Waals surface area contributed by atoms with Gasteiger partial charge in [-0.25, -0.2) is 13.2 Å². The van der Waals surface area contributed by atoms with Crippen LogP contribution in [0.3, 0.4) is 0 Å². The van der Waals surface area contributed by atoms with Crippen molar-refractivity contribution >= 4 is 44.2 Å². The molecule has 3 aromatic carbocycles. The fourth-order valence-corrected chi connectivity index (χ4v) is 6.71. The zero-order valence-corrected chi connectivity index (χ0v) is 27.2. The average molecular weight is 650 g/mol. The predicted molar refractivity (Wildman–Crippen MR) is 176 cm³/mol. The lowest BCUT2D eigenvalue weighted by molar-refractivity contribution is 0.0389. The van der Waals surface area contributed by atoms with Crippen molar-refractivity contribution in [2.24, 2.45) is 13.0 Å². The van der Waals surface area contributed by atoms with Crippen molar-refractivity contribution in [3.05, 3.63) is 78.5 Å². The highest BCUT2D eigenvalue weighted by atomic mass is 32.2. The number of hydrogen-bond donors (Lipinski definition) is 3. The van der Waals surface area contributed by atoms with Gasteiger partial charge >= 0.3 is 6.03 Å². The Bertz CT molecular complexity index is 1840. The number of hydrogen-bond acceptors (Lipinski definition) is 7. The van der Waals surface area contributed by atoms with Gasteiger partial charge in [-0.1, -0.05) is 19.1 Å². The van der Waals surface area contributed by atoms with Gasteiger partial charge in [0, 0.05) is 43.7 Å². The van der Waals surface area contributed by atoms with E-state index < -0.39 is 28.2 Å². The molecular formula is C33H39N5O7S. The van der Waals surface area contributed by atoms with Crippen LogP contribution in [0.1, 0.15) is 24.2 Å². The standard InChI is InChI=1S/C33H39N5O7S/c1-21-18-38(22(2)20-39)32(40)26-8-6-10-28(35-33(41)34-27-9-7-11-29-25(27)16-17-36(29)3)31(26)45-30(21)19-37(4)46(42,43)24-14-12-23(44-5)13-15-24/h6-17,21-22,30,39H,18-20H2,1-5H3,(H2,34,35,41)/t21-,22+,30+/m1/s1. The maximum Gasteiger partial charge on any atom is 0.323 e. The van der Waals surface area contributed by atoms with E-state index in [1.54, 1.807) is 48.2 Å². The number of para-hydroxylation sites is 1. The molecule has 1 aliphatic rings. The summed E-state index contributed by atoms with van der Waals surface area (Å²) in [7, 11) is 0.974. The van der Waals surface area contributed by atoms with Crippen molar-refractivity contribution in [3.63, 3.8) is 0 Å². The van der Waals surface area contributed by atoms with Crippen molar-refractivity contribution in [3.8, 4) is 11.5 Å². The number of rotatable bonds is 9. The van der Waals surface area contributed by atoms with E-state index in [0.29, 0.717) is 11.4 Å². The highest BCUT2D eigenvalue weighted by Crippen LogP contribution is 2.36. The first-order valence-corrected chi connectivity index (χ1v) is 16.3. The molecule has 0 saturated carbocycles. The third-order valence-electron chi connectivity index (χ3n) is 8.32. The molecule has 12 nitrogen and oxygen atoms in total. The van der Waals surface area contributed by atoms with E-state index in [9.17, 15) is 23.1 Å². The zero-order valence-electron chi connectivity index (χ0n) is 26.4. The molecule has 244 valence electrons. The number of aromatic nitrogens is 1. The number of urea groups is 1. The summed E-state index contributed by atoms with van der Waals surface area (Å²) in [6.45, 7) is 3.48. The molecule has 3 atom stereocenters. The van der Waals surface area contributed by atoms with Crippen LogP contribution in [0.5, 0.6) is 11.5 Å². The topological polar surface area (TPSA) is 142 Å². The second-order valence-electron chi connectivity index (χ2n) is 11.5. The number of aliphatic hydroxyl groups is 1. The number of benzene rings is 3. The van der Waals surface area contributed by atoms with E-state index in [2.05, 4.69) is 10.6 Å². The maximum absolute atomic E-state index is 13.8. The van der Waals surface area contributed by atoms with E-state index in [0.717, 1.165) is 10.9 Å². The van der Waals surface area contributed by atoms with Gasteiger partial charge in [-0.15, -0.1) is 0 Å². The number of aliphatic hydroxyl groups excluding tert-OH is 1. The average Bonchev–Trinajstić information content (AvgIpc) is 3.43. The van der Waals surface area contributed by atoms with Crippen LogP contribution in [-0.4, -0.2) is 85.2 Å². The maximum atomic E-state index is 13.8. The summed E-state index contributed by atoms with van der Waals surface area (Å²) in [5.41, 5.74) is 1.96. The van der Waals surface area contributed by atoms with Crippen molar-refractivity contribution in [2.45, 2.75) is 30.9 Å². The molecule has 0 saturated heterocycles. The molecule has 5 rings (SSSR count). The Hall–Kier alpha value is -4.59. The quantitative estimate of drug-likeness (QED) is 0.244. The van der Waals surface area contributed by atoms with E-state index >= 15 is 0 Å². The number of likely N-dealkylation sites (N-methyl/N-ethyl adjacent to an activating group) is 1. The fourth-order valence-electron chi connectivity index (χ4n) is 5.53. The minimum absolute atomic E-state index is 0.0545. The van der Waals surface area contributed by atoms with Crippen LogP contribution in [0, 0.1) is 5.92 Å². The minimum atomic E-state index is -3.91. The van der Waals surface area contributed by atoms with E-state index in [1.807, 2.05) is 42.9 Å². The van der Waals surface area contributed by atoms with Gasteiger partial charge in [-0.2, -0.15) is 4.31 Å². The van der Waals surface area contributed by atoms with Crippen LogP contribution in [0.4, 0.5) is 16.2 Å². The third-order valence-corrected chi connectivity index (χ3v) is 10.2. The number of amides is 3. The summed E-state index contributed by atoms with van der Waals surface area (Å²) in [6, 6.07) is 17.4. The van der Waals surface area contributed by atoms with Crippen LogP contribution < -0.4 is 20.1 Å². The summed E-state index contributed by atoms with van der Waals surface area (Å²) >= 11 is 0. The highest BCUT2D eigenvalue weighted by molar-refractivity contribution is 7.89. The Labute approximate surface area is 268 Å². The molecule has 0 bridgehead atoms. The molecule has 46 heavy (non-hydrogen) atoms. The Kier molecular flexibility index (Phi) is 9.56. The van der Waals surface area contributed by atoms with Crippen molar-refractivity contribution in [1.29, 1.82) is 0 Å². The Morgan fingerprint density at radius 1 is 1.09 bits per heavy atom. The smallest absolute Gasteiger partial charge is 0.323 e. The number of nitrogens with zero attached hydrogens (tertiary/aromatic N) is 3. The van der Waals surface area contributed by atoms with E-state index in [-0.39, 0.29) is 53.4 Å². The number of carbonyl (C=O) groups is 2. The number of anilines is 2. The van der Waals surface area contributed by atoms with Crippen molar-refractivity contribution in [1.82, 2.24) is 13.8 Å². The Morgan fingerprint density at radius 2 is 1.76 bits per heavy atom. The van der Waals surface area contributed by atoms with Crippen LogP contribution in [-0.2, 0) is 17.1 Å². The zero-order chi connectivity index (χ0) is 33.2. The molecule has 3 amide bonds. The lowest BCUT2D eigenvalue weighted by Gasteiger charge is -2.38. The van der Waals surface area contributed by atoms with Crippen LogP contribution in [0.2, 0.25) is 0 Å². The number of nitrogens with one attached hydrogen (secondary N) is 2. The normalized spacial score (nSPS) is 17.5. The molecule has 1 aromatic heterocycles. The number of carbonyl (C=O) groups excluding carboxylic acids is 2. The van der Waals surface area contributed by atoms with Gasteiger partial charge in [-0.05, 0) is 61.5 Å².